The van der Waals surface area contributed by atoms with Crippen molar-refractivity contribution in [2.75, 3.05) is 0 Å². The SMILES string of the molecule is CC(C)(C)c1ccc2c(c1)-c1ccccc1[Si]2(c1ccc([B]OC(C)(C)C(C)(C)O)cc1)c1ccc2c(c1)c1ccccc1n2-c1ccc(-c2ccccc2)cc1. The molecule has 0 aliphatic carbocycles. The average Bonchev–Trinajstić information content (AvgIpc) is 3.70. The van der Waals surface area contributed by atoms with Crippen LogP contribution in [0.1, 0.15) is 54.0 Å². The normalized spacial score (nSPS) is 15.5. The Kier molecular flexibility index (Phi) is 8.85. The average molecular weight is 759 g/mol. The Hall–Kier alpha value is -5.46. The molecule has 281 valence electrons. The standard InChI is InChI=1S/C52H49BNO2Si/c1-50(2,3)37-23-32-49-45(33-37)43-18-12-14-20-48(43)57(49,40-28-24-38(25-29-40)53-56-52(6,7)51(4,5)55)41-30-31-47-44(34-41)42-17-11-13-19-46(42)54(47)39-26-21-36(22-27-39)35-15-9-8-10-16-35/h8-34,55H,1-7H3. The van der Waals surface area contributed by atoms with E-state index in [0.717, 1.165) is 11.2 Å². The minimum Gasteiger partial charge on any atom is -0.427 e. The van der Waals surface area contributed by atoms with Crippen LogP contribution in [0.4, 0.5) is 0 Å². The summed E-state index contributed by atoms with van der Waals surface area (Å²) in [6, 6.07) is 61.1. The molecular formula is C52H49BNO2Si. The van der Waals surface area contributed by atoms with E-state index in [4.69, 9.17) is 4.65 Å². The zero-order chi connectivity index (χ0) is 39.7. The van der Waals surface area contributed by atoms with E-state index in [1.807, 2.05) is 13.8 Å². The third-order valence-electron chi connectivity index (χ3n) is 12.6. The highest BCUT2D eigenvalue weighted by molar-refractivity contribution is 7.22. The van der Waals surface area contributed by atoms with Gasteiger partial charge in [-0.05, 0) is 106 Å². The van der Waals surface area contributed by atoms with Crippen molar-refractivity contribution in [2.24, 2.45) is 0 Å². The Morgan fingerprint density at radius 3 is 1.86 bits per heavy atom. The van der Waals surface area contributed by atoms with Crippen LogP contribution < -0.4 is 26.2 Å². The fraction of sp³-hybridized carbons (Fsp3) is 0.192. The van der Waals surface area contributed by atoms with Gasteiger partial charge in [-0.1, -0.05) is 166 Å². The quantitative estimate of drug-likeness (QED) is 0.157. The van der Waals surface area contributed by atoms with Crippen molar-refractivity contribution in [3.8, 4) is 27.9 Å². The minimum atomic E-state index is -2.84. The summed E-state index contributed by atoms with van der Waals surface area (Å²) >= 11 is 0. The van der Waals surface area contributed by atoms with Crippen LogP contribution in [-0.2, 0) is 10.1 Å². The summed E-state index contributed by atoms with van der Waals surface area (Å²) in [6.45, 7) is 14.3. The van der Waals surface area contributed by atoms with Crippen LogP contribution in [0.25, 0.3) is 49.7 Å². The van der Waals surface area contributed by atoms with Gasteiger partial charge in [0.25, 0.3) is 0 Å². The first-order chi connectivity index (χ1) is 27.3. The van der Waals surface area contributed by atoms with E-state index < -0.39 is 19.3 Å². The second-order valence-corrected chi connectivity index (χ2v) is 21.5. The molecule has 1 unspecified atom stereocenters. The number of rotatable bonds is 8. The van der Waals surface area contributed by atoms with Gasteiger partial charge >= 0.3 is 7.48 Å². The molecular weight excluding hydrogens is 709 g/mol. The molecule has 2 heterocycles. The molecule has 1 aromatic heterocycles. The molecule has 0 bridgehead atoms. The Labute approximate surface area is 338 Å². The van der Waals surface area contributed by atoms with Gasteiger partial charge in [-0.2, -0.15) is 0 Å². The lowest BCUT2D eigenvalue weighted by atomic mass is 9.83. The molecule has 57 heavy (non-hydrogen) atoms. The maximum atomic E-state index is 10.7. The molecule has 0 saturated heterocycles. The lowest BCUT2D eigenvalue weighted by molar-refractivity contribution is -0.0893. The molecule has 7 aromatic carbocycles. The van der Waals surface area contributed by atoms with Crippen molar-refractivity contribution in [3.63, 3.8) is 0 Å². The van der Waals surface area contributed by atoms with Crippen LogP contribution in [0.3, 0.4) is 0 Å². The van der Waals surface area contributed by atoms with Crippen LogP contribution in [0.2, 0.25) is 0 Å². The lowest BCUT2D eigenvalue weighted by Crippen LogP contribution is -2.73. The van der Waals surface area contributed by atoms with Crippen molar-refractivity contribution in [1.29, 1.82) is 0 Å². The summed E-state index contributed by atoms with van der Waals surface area (Å²) in [5.74, 6) is 0. The predicted octanol–water partition coefficient (Wildman–Crippen LogP) is 8.92. The summed E-state index contributed by atoms with van der Waals surface area (Å²) in [4.78, 5) is 0. The van der Waals surface area contributed by atoms with E-state index in [0.29, 0.717) is 0 Å². The molecule has 0 amide bonds. The van der Waals surface area contributed by atoms with Gasteiger partial charge in [-0.25, -0.2) is 0 Å². The van der Waals surface area contributed by atoms with E-state index >= 15 is 0 Å². The zero-order valence-corrected chi connectivity index (χ0v) is 35.0. The Morgan fingerprint density at radius 2 is 1.14 bits per heavy atom. The van der Waals surface area contributed by atoms with Gasteiger partial charge in [-0.15, -0.1) is 0 Å². The molecule has 0 spiro atoms. The Bertz CT molecular complexity index is 2770. The van der Waals surface area contributed by atoms with E-state index in [1.165, 1.54) is 70.4 Å². The summed E-state index contributed by atoms with van der Waals surface area (Å²) in [7, 11) is -1.06. The summed E-state index contributed by atoms with van der Waals surface area (Å²) in [5.41, 5.74) is 9.21. The van der Waals surface area contributed by atoms with Gasteiger partial charge in [0.2, 0.25) is 0 Å². The maximum absolute atomic E-state index is 10.7. The van der Waals surface area contributed by atoms with Gasteiger partial charge < -0.3 is 14.3 Å². The summed E-state index contributed by atoms with van der Waals surface area (Å²) in [5, 5.41) is 18.8. The van der Waals surface area contributed by atoms with Gasteiger partial charge in [0, 0.05) is 16.5 Å². The fourth-order valence-electron chi connectivity index (χ4n) is 8.63. The molecule has 5 heteroatoms. The van der Waals surface area contributed by atoms with Crippen LogP contribution in [0.15, 0.2) is 164 Å². The number of aliphatic hydroxyl groups is 1. The van der Waals surface area contributed by atoms with Gasteiger partial charge in [0.1, 0.15) is 0 Å². The molecule has 9 rings (SSSR count). The van der Waals surface area contributed by atoms with Crippen molar-refractivity contribution in [2.45, 2.75) is 65.1 Å². The molecule has 0 saturated carbocycles. The van der Waals surface area contributed by atoms with Crippen LogP contribution in [0, 0.1) is 0 Å². The smallest absolute Gasteiger partial charge is 0.330 e. The van der Waals surface area contributed by atoms with Gasteiger partial charge in [0.05, 0.1) is 22.2 Å². The van der Waals surface area contributed by atoms with E-state index in [-0.39, 0.29) is 5.41 Å². The summed E-state index contributed by atoms with van der Waals surface area (Å²) in [6.07, 6.45) is 0. The fourth-order valence-corrected chi connectivity index (χ4v) is 13.8. The first-order valence-electron chi connectivity index (χ1n) is 20.1. The molecule has 1 N–H and O–H groups in total. The maximum Gasteiger partial charge on any atom is 0.330 e. The number of nitrogens with zero attached hydrogens (tertiary/aromatic N) is 1. The Morgan fingerprint density at radius 1 is 0.526 bits per heavy atom. The lowest BCUT2D eigenvalue weighted by Gasteiger charge is -2.37. The van der Waals surface area contributed by atoms with Crippen molar-refractivity contribution in [3.05, 3.63) is 169 Å². The molecule has 1 radical (unpaired) electrons. The second kappa shape index (κ2) is 13.6. The number of hydrogen-bond acceptors (Lipinski definition) is 2. The highest BCUT2D eigenvalue weighted by Crippen LogP contribution is 2.36. The topological polar surface area (TPSA) is 34.4 Å². The first kappa shape index (κ1) is 37.1. The zero-order valence-electron chi connectivity index (χ0n) is 34.0. The molecule has 3 nitrogen and oxygen atoms in total. The Balaban J connectivity index is 1.25. The van der Waals surface area contributed by atoms with Crippen LogP contribution in [-0.4, -0.2) is 36.4 Å². The highest BCUT2D eigenvalue weighted by atomic mass is 28.3. The van der Waals surface area contributed by atoms with E-state index in [9.17, 15) is 5.11 Å². The summed E-state index contributed by atoms with van der Waals surface area (Å²) < 4.78 is 8.62. The minimum absolute atomic E-state index is 0.0191. The predicted molar refractivity (Wildman–Crippen MR) is 244 cm³/mol. The molecule has 8 aromatic rings. The number of aromatic nitrogens is 1. The third kappa shape index (κ3) is 6.12. The highest BCUT2D eigenvalue weighted by Gasteiger charge is 2.49. The number of benzene rings is 7. The molecule has 0 fully saturated rings. The van der Waals surface area contributed by atoms with Crippen molar-refractivity contribution < 1.29 is 9.76 Å². The molecule has 1 aliphatic heterocycles. The second-order valence-electron chi connectivity index (χ2n) is 17.7. The van der Waals surface area contributed by atoms with Gasteiger partial charge in [-0.3, -0.25) is 0 Å². The van der Waals surface area contributed by atoms with Gasteiger partial charge in [0.15, 0.2) is 8.07 Å². The van der Waals surface area contributed by atoms with Crippen molar-refractivity contribution >= 4 is 63.6 Å². The number of fused-ring (bicyclic) bond motifs is 6. The largest absolute Gasteiger partial charge is 0.427 e. The first-order valence-corrected chi connectivity index (χ1v) is 22.1. The molecule has 1 atom stereocenters. The number of para-hydroxylation sites is 1. The van der Waals surface area contributed by atoms with E-state index in [1.54, 1.807) is 21.3 Å². The monoisotopic (exact) mass is 758 g/mol. The van der Waals surface area contributed by atoms with Crippen molar-refractivity contribution in [1.82, 2.24) is 4.57 Å². The number of hydrogen-bond donors (Lipinski definition) is 1. The van der Waals surface area contributed by atoms with Crippen LogP contribution in [0.5, 0.6) is 0 Å². The van der Waals surface area contributed by atoms with Crippen LogP contribution >= 0.6 is 0 Å². The van der Waals surface area contributed by atoms with E-state index in [2.05, 4.69) is 189 Å². The third-order valence-corrected chi connectivity index (χ3v) is 17.4. The molecule has 1 aliphatic rings.